The molecule has 108 valence electrons. The molecule has 6 heteroatoms. The number of ether oxygens (including phenoxy) is 1. The van der Waals surface area contributed by atoms with Crippen LogP contribution in [-0.4, -0.2) is 23.8 Å². The monoisotopic (exact) mass is 307 g/mol. The van der Waals surface area contributed by atoms with Gasteiger partial charge in [0.25, 0.3) is 0 Å². The zero-order chi connectivity index (χ0) is 15.4. The van der Waals surface area contributed by atoms with Gasteiger partial charge in [0.1, 0.15) is 11.5 Å². The maximum absolute atomic E-state index is 13.1. The molecule has 0 unspecified atom stereocenters. The summed E-state index contributed by atoms with van der Waals surface area (Å²) in [4.78, 5) is 27.8. The van der Waals surface area contributed by atoms with Gasteiger partial charge in [-0.05, 0) is 29.8 Å². The van der Waals surface area contributed by atoms with E-state index in [1.807, 2.05) is 0 Å². The fourth-order valence-corrected chi connectivity index (χ4v) is 2.02. The Morgan fingerprint density at radius 1 is 1.33 bits per heavy atom. The summed E-state index contributed by atoms with van der Waals surface area (Å²) in [5.41, 5.74) is 0.649. The number of rotatable bonds is 4. The molecule has 0 aliphatic carbocycles. The number of methoxy groups -OCH3 is 1. The molecule has 0 bridgehead atoms. The maximum atomic E-state index is 13.1. The third kappa shape index (κ3) is 3.44. The SMILES string of the molecule is COC(=O)c1cccnc1C(=O)Cc1ccc(F)c(Cl)c1. The Morgan fingerprint density at radius 3 is 2.76 bits per heavy atom. The first-order chi connectivity index (χ1) is 10.0. The molecule has 0 radical (unpaired) electrons. The molecule has 0 N–H and O–H groups in total. The predicted octanol–water partition coefficient (Wildman–Crippen LogP) is 3.09. The Morgan fingerprint density at radius 2 is 2.10 bits per heavy atom. The summed E-state index contributed by atoms with van der Waals surface area (Å²) in [5.74, 6) is -1.57. The lowest BCUT2D eigenvalue weighted by molar-refractivity contribution is 0.0596. The van der Waals surface area contributed by atoms with Gasteiger partial charge >= 0.3 is 5.97 Å². The number of hydrogen-bond acceptors (Lipinski definition) is 4. The van der Waals surface area contributed by atoms with Crippen LogP contribution in [-0.2, 0) is 11.2 Å². The minimum absolute atomic E-state index is 0.0183. The average molecular weight is 308 g/mol. The summed E-state index contributed by atoms with van der Waals surface area (Å²) in [6.45, 7) is 0. The molecule has 1 aromatic heterocycles. The fourth-order valence-electron chi connectivity index (χ4n) is 1.82. The normalized spacial score (nSPS) is 10.2. The zero-order valence-corrected chi connectivity index (χ0v) is 11.9. The van der Waals surface area contributed by atoms with Crippen molar-refractivity contribution in [1.29, 1.82) is 0 Å². The van der Waals surface area contributed by atoms with Crippen molar-refractivity contribution in [1.82, 2.24) is 4.98 Å². The van der Waals surface area contributed by atoms with Crippen LogP contribution in [0.3, 0.4) is 0 Å². The van der Waals surface area contributed by atoms with E-state index in [2.05, 4.69) is 9.72 Å². The number of carbonyl (C=O) groups is 2. The number of hydrogen-bond donors (Lipinski definition) is 0. The largest absolute Gasteiger partial charge is 0.465 e. The third-order valence-electron chi connectivity index (χ3n) is 2.83. The van der Waals surface area contributed by atoms with Gasteiger partial charge in [0.05, 0.1) is 17.7 Å². The first kappa shape index (κ1) is 15.1. The molecule has 1 aromatic carbocycles. The van der Waals surface area contributed by atoms with Crippen LogP contribution < -0.4 is 0 Å². The van der Waals surface area contributed by atoms with E-state index in [4.69, 9.17) is 11.6 Å². The number of nitrogens with zero attached hydrogens (tertiary/aromatic N) is 1. The highest BCUT2D eigenvalue weighted by molar-refractivity contribution is 6.30. The highest BCUT2D eigenvalue weighted by Crippen LogP contribution is 2.18. The number of carbonyl (C=O) groups excluding carboxylic acids is 2. The average Bonchev–Trinajstić information content (AvgIpc) is 2.50. The van der Waals surface area contributed by atoms with Crippen LogP contribution in [0.5, 0.6) is 0 Å². The van der Waals surface area contributed by atoms with E-state index in [-0.39, 0.29) is 28.5 Å². The summed E-state index contributed by atoms with van der Waals surface area (Å²) >= 11 is 5.67. The van der Waals surface area contributed by atoms with Crippen molar-refractivity contribution in [3.8, 4) is 0 Å². The van der Waals surface area contributed by atoms with E-state index in [0.29, 0.717) is 5.56 Å². The quantitative estimate of drug-likeness (QED) is 0.643. The second kappa shape index (κ2) is 6.45. The summed E-state index contributed by atoms with van der Waals surface area (Å²) in [5, 5.41) is -0.0606. The smallest absolute Gasteiger partial charge is 0.340 e. The molecule has 2 rings (SSSR count). The van der Waals surface area contributed by atoms with Gasteiger partial charge in [0.2, 0.25) is 0 Å². The molecule has 0 saturated carbocycles. The van der Waals surface area contributed by atoms with E-state index >= 15 is 0 Å². The first-order valence-electron chi connectivity index (χ1n) is 6.03. The van der Waals surface area contributed by atoms with Crippen molar-refractivity contribution in [2.45, 2.75) is 6.42 Å². The van der Waals surface area contributed by atoms with E-state index in [1.165, 1.54) is 43.6 Å². The lowest BCUT2D eigenvalue weighted by atomic mass is 10.0. The molecule has 21 heavy (non-hydrogen) atoms. The lowest BCUT2D eigenvalue weighted by Crippen LogP contribution is -2.14. The van der Waals surface area contributed by atoms with Crippen LogP contribution in [0.2, 0.25) is 5.02 Å². The van der Waals surface area contributed by atoms with Crippen molar-refractivity contribution in [3.63, 3.8) is 0 Å². The summed E-state index contributed by atoms with van der Waals surface area (Å²) in [6, 6.07) is 7.02. The molecule has 0 fully saturated rings. The van der Waals surface area contributed by atoms with Crippen LogP contribution in [0.4, 0.5) is 4.39 Å². The van der Waals surface area contributed by atoms with Gasteiger partial charge in [-0.2, -0.15) is 0 Å². The van der Waals surface area contributed by atoms with Crippen molar-refractivity contribution < 1.29 is 18.7 Å². The topological polar surface area (TPSA) is 56.3 Å². The first-order valence-corrected chi connectivity index (χ1v) is 6.41. The second-order valence-electron chi connectivity index (χ2n) is 4.24. The number of benzene rings is 1. The van der Waals surface area contributed by atoms with Gasteiger partial charge < -0.3 is 4.74 Å². The van der Waals surface area contributed by atoms with Crippen molar-refractivity contribution >= 4 is 23.4 Å². The summed E-state index contributed by atoms with van der Waals surface area (Å²) < 4.78 is 17.7. The van der Waals surface area contributed by atoms with E-state index in [1.54, 1.807) is 0 Å². The molecule has 4 nitrogen and oxygen atoms in total. The fraction of sp³-hybridized carbons (Fsp3) is 0.133. The van der Waals surface area contributed by atoms with E-state index < -0.39 is 11.8 Å². The van der Waals surface area contributed by atoms with Crippen molar-refractivity contribution in [2.24, 2.45) is 0 Å². The van der Waals surface area contributed by atoms with Gasteiger partial charge in [0.15, 0.2) is 5.78 Å². The van der Waals surface area contributed by atoms with Gasteiger partial charge in [-0.3, -0.25) is 9.78 Å². The Kier molecular flexibility index (Phi) is 4.65. The molecule has 0 amide bonds. The molecule has 2 aromatic rings. The second-order valence-corrected chi connectivity index (χ2v) is 4.65. The predicted molar refractivity (Wildman–Crippen MR) is 75.0 cm³/mol. The Balaban J connectivity index is 2.28. The van der Waals surface area contributed by atoms with Crippen LogP contribution in [0.1, 0.15) is 26.4 Å². The lowest BCUT2D eigenvalue weighted by Gasteiger charge is -2.06. The number of ketones is 1. The Labute approximate surface area is 125 Å². The van der Waals surface area contributed by atoms with E-state index in [0.717, 1.165) is 0 Å². The minimum Gasteiger partial charge on any atom is -0.465 e. The highest BCUT2D eigenvalue weighted by Gasteiger charge is 2.19. The molecular weight excluding hydrogens is 297 g/mol. The van der Waals surface area contributed by atoms with Gasteiger partial charge in [-0.15, -0.1) is 0 Å². The summed E-state index contributed by atoms with van der Waals surface area (Å²) in [6.07, 6.45) is 1.37. The molecule has 0 spiro atoms. The number of pyridine rings is 1. The van der Waals surface area contributed by atoms with Gasteiger partial charge in [-0.25, -0.2) is 9.18 Å². The zero-order valence-electron chi connectivity index (χ0n) is 11.1. The van der Waals surface area contributed by atoms with Gasteiger partial charge in [0, 0.05) is 12.6 Å². The van der Waals surface area contributed by atoms with E-state index in [9.17, 15) is 14.0 Å². The van der Waals surface area contributed by atoms with Crippen LogP contribution in [0.15, 0.2) is 36.5 Å². The third-order valence-corrected chi connectivity index (χ3v) is 3.12. The van der Waals surface area contributed by atoms with Gasteiger partial charge in [-0.1, -0.05) is 17.7 Å². The number of aromatic nitrogens is 1. The number of esters is 1. The van der Waals surface area contributed by atoms with Crippen molar-refractivity contribution in [3.05, 3.63) is 64.2 Å². The maximum Gasteiger partial charge on any atom is 0.340 e. The summed E-state index contributed by atoms with van der Waals surface area (Å²) in [7, 11) is 1.23. The molecular formula is C15H11ClFNO3. The van der Waals surface area contributed by atoms with Crippen LogP contribution in [0.25, 0.3) is 0 Å². The minimum atomic E-state index is -0.636. The Bertz CT molecular complexity index is 703. The Hall–Kier alpha value is -2.27. The van der Waals surface area contributed by atoms with Crippen LogP contribution in [0, 0.1) is 5.82 Å². The molecule has 0 aliphatic heterocycles. The molecule has 0 atom stereocenters. The standard InChI is InChI=1S/C15H11ClFNO3/c1-21-15(20)10-3-2-6-18-14(10)13(19)8-9-4-5-12(17)11(16)7-9/h2-7H,8H2,1H3. The van der Waals surface area contributed by atoms with Crippen LogP contribution >= 0.6 is 11.6 Å². The number of halogens is 2. The number of Topliss-reactive ketones (excluding diaryl/α,β-unsaturated/α-hetero) is 1. The van der Waals surface area contributed by atoms with Crippen molar-refractivity contribution in [2.75, 3.05) is 7.11 Å². The molecule has 0 saturated heterocycles. The molecule has 0 aliphatic rings. The highest BCUT2D eigenvalue weighted by atomic mass is 35.5. The molecule has 1 heterocycles.